The molecule has 30 heavy (non-hydrogen) atoms. The van der Waals surface area contributed by atoms with E-state index in [1.165, 1.54) is 0 Å². The number of ether oxygens (including phenoxy) is 2. The molecule has 1 heterocycles. The molecule has 6 nitrogen and oxygen atoms in total. The van der Waals surface area contributed by atoms with Gasteiger partial charge in [0, 0.05) is 17.1 Å². The minimum atomic E-state index is -0.462. The van der Waals surface area contributed by atoms with E-state index < -0.39 is 5.97 Å². The van der Waals surface area contributed by atoms with E-state index in [1.54, 1.807) is 86.1 Å². The van der Waals surface area contributed by atoms with E-state index in [9.17, 15) is 9.59 Å². The van der Waals surface area contributed by atoms with Crippen molar-refractivity contribution in [3.8, 4) is 11.5 Å². The van der Waals surface area contributed by atoms with Gasteiger partial charge in [0.15, 0.2) is 0 Å². The Balaban J connectivity index is 1.62. The van der Waals surface area contributed by atoms with Crippen LogP contribution in [0.3, 0.4) is 0 Å². The number of benzene rings is 3. The molecular weight excluding hydrogens is 380 g/mol. The highest BCUT2D eigenvalue weighted by molar-refractivity contribution is 6.09. The van der Waals surface area contributed by atoms with Gasteiger partial charge in [-0.1, -0.05) is 18.2 Å². The van der Waals surface area contributed by atoms with E-state index in [-0.39, 0.29) is 5.91 Å². The van der Waals surface area contributed by atoms with Gasteiger partial charge in [0.25, 0.3) is 5.91 Å². The lowest BCUT2D eigenvalue weighted by atomic mass is 10.1. The number of amides is 1. The van der Waals surface area contributed by atoms with Crippen LogP contribution in [0.5, 0.6) is 11.5 Å². The number of fused-ring (bicyclic) bond motifs is 1. The van der Waals surface area contributed by atoms with Gasteiger partial charge in [-0.3, -0.25) is 9.78 Å². The lowest BCUT2D eigenvalue weighted by Gasteiger charge is -2.12. The van der Waals surface area contributed by atoms with Crippen molar-refractivity contribution in [1.29, 1.82) is 0 Å². The summed E-state index contributed by atoms with van der Waals surface area (Å²) in [6.45, 7) is 0. The van der Waals surface area contributed by atoms with E-state index in [2.05, 4.69) is 10.3 Å². The topological polar surface area (TPSA) is 77.5 Å². The van der Waals surface area contributed by atoms with Crippen LogP contribution in [0.15, 0.2) is 85.1 Å². The fourth-order valence-electron chi connectivity index (χ4n) is 3.01. The molecule has 6 heteroatoms. The predicted molar refractivity (Wildman–Crippen MR) is 114 cm³/mol. The molecule has 0 aliphatic heterocycles. The predicted octanol–water partition coefficient (Wildman–Crippen LogP) is 4.71. The maximum absolute atomic E-state index is 12.6. The summed E-state index contributed by atoms with van der Waals surface area (Å²) in [6, 6.07) is 22.4. The van der Waals surface area contributed by atoms with Crippen LogP contribution in [-0.2, 0) is 0 Å². The largest absolute Gasteiger partial charge is 0.497 e. The van der Waals surface area contributed by atoms with Crippen molar-refractivity contribution < 1.29 is 19.1 Å². The molecule has 0 saturated heterocycles. The number of nitrogens with one attached hydrogen (secondary N) is 1. The third kappa shape index (κ3) is 3.98. The number of hydrogen-bond acceptors (Lipinski definition) is 5. The van der Waals surface area contributed by atoms with Crippen molar-refractivity contribution in [3.05, 3.63) is 96.2 Å². The van der Waals surface area contributed by atoms with Crippen LogP contribution in [0.4, 0.5) is 5.69 Å². The van der Waals surface area contributed by atoms with Gasteiger partial charge in [-0.05, 0) is 60.7 Å². The van der Waals surface area contributed by atoms with Crippen LogP contribution in [0.1, 0.15) is 20.7 Å². The molecular formula is C24H18N2O4. The zero-order chi connectivity index (χ0) is 20.9. The molecule has 1 aromatic heterocycles. The molecule has 1 N–H and O–H groups in total. The summed E-state index contributed by atoms with van der Waals surface area (Å²) in [5.41, 5.74) is 1.98. The Morgan fingerprint density at radius 1 is 0.833 bits per heavy atom. The Morgan fingerprint density at radius 3 is 2.33 bits per heavy atom. The first-order chi connectivity index (χ1) is 14.7. The molecule has 0 bridgehead atoms. The summed E-state index contributed by atoms with van der Waals surface area (Å²) in [5.74, 6) is 0.298. The molecule has 0 unspecified atom stereocenters. The van der Waals surface area contributed by atoms with Gasteiger partial charge in [-0.15, -0.1) is 0 Å². The number of aromatic nitrogens is 1. The fraction of sp³-hybridized carbons (Fsp3) is 0.0417. The second-order valence-corrected chi connectivity index (χ2v) is 6.45. The number of nitrogens with zero attached hydrogens (tertiary/aromatic N) is 1. The SMILES string of the molecule is COc1ccc(C(=O)Nc2ccc(OC(=O)c3ccccc3)c3cccnc23)cc1. The molecule has 0 saturated carbocycles. The highest BCUT2D eigenvalue weighted by Gasteiger charge is 2.15. The molecule has 0 aliphatic carbocycles. The van der Waals surface area contributed by atoms with Gasteiger partial charge in [-0.2, -0.15) is 0 Å². The van der Waals surface area contributed by atoms with E-state index >= 15 is 0 Å². The standard InChI is InChI=1S/C24H18N2O4/c1-29-18-11-9-16(10-12-18)23(27)26-20-13-14-21(19-8-5-15-25-22(19)20)30-24(28)17-6-3-2-4-7-17/h2-15H,1H3,(H,26,27). The smallest absolute Gasteiger partial charge is 0.343 e. The number of carbonyl (C=O) groups is 2. The van der Waals surface area contributed by atoms with Crippen LogP contribution in [0, 0.1) is 0 Å². The monoisotopic (exact) mass is 398 g/mol. The van der Waals surface area contributed by atoms with E-state index in [0.717, 1.165) is 0 Å². The normalized spacial score (nSPS) is 10.4. The number of esters is 1. The lowest BCUT2D eigenvalue weighted by molar-refractivity contribution is 0.0737. The Hall–Kier alpha value is -4.19. The molecule has 3 aromatic carbocycles. The average molecular weight is 398 g/mol. The molecule has 1 amide bonds. The maximum atomic E-state index is 12.6. The summed E-state index contributed by atoms with van der Waals surface area (Å²) in [6.07, 6.45) is 1.62. The number of pyridine rings is 1. The number of carbonyl (C=O) groups excluding carboxylic acids is 2. The van der Waals surface area contributed by atoms with Crippen molar-refractivity contribution in [2.75, 3.05) is 12.4 Å². The summed E-state index contributed by atoms with van der Waals surface area (Å²) in [5, 5.41) is 3.49. The molecule has 0 aliphatic rings. The Morgan fingerprint density at radius 2 is 1.60 bits per heavy atom. The van der Waals surface area contributed by atoms with Crippen LogP contribution >= 0.6 is 0 Å². The molecule has 148 valence electrons. The zero-order valence-corrected chi connectivity index (χ0v) is 16.2. The van der Waals surface area contributed by atoms with Gasteiger partial charge in [0.05, 0.1) is 23.9 Å². The minimum absolute atomic E-state index is 0.279. The summed E-state index contributed by atoms with van der Waals surface area (Å²) in [4.78, 5) is 29.4. The summed E-state index contributed by atoms with van der Waals surface area (Å²) >= 11 is 0. The van der Waals surface area contributed by atoms with Gasteiger partial charge < -0.3 is 14.8 Å². The number of anilines is 1. The number of rotatable bonds is 5. The lowest BCUT2D eigenvalue weighted by Crippen LogP contribution is -2.13. The molecule has 4 rings (SSSR count). The van der Waals surface area contributed by atoms with E-state index in [4.69, 9.17) is 9.47 Å². The number of hydrogen-bond donors (Lipinski definition) is 1. The highest BCUT2D eigenvalue weighted by Crippen LogP contribution is 2.31. The van der Waals surface area contributed by atoms with Crippen LogP contribution < -0.4 is 14.8 Å². The van der Waals surface area contributed by atoms with Crippen LogP contribution in [0.25, 0.3) is 10.9 Å². The third-order valence-electron chi connectivity index (χ3n) is 4.54. The third-order valence-corrected chi connectivity index (χ3v) is 4.54. The Kier molecular flexibility index (Phi) is 5.39. The molecule has 0 spiro atoms. The summed E-state index contributed by atoms with van der Waals surface area (Å²) in [7, 11) is 1.57. The first kappa shape index (κ1) is 19.1. The van der Waals surface area contributed by atoms with Crippen LogP contribution in [0.2, 0.25) is 0 Å². The van der Waals surface area contributed by atoms with Crippen molar-refractivity contribution >= 4 is 28.5 Å². The van der Waals surface area contributed by atoms with E-state index in [1.807, 2.05) is 6.07 Å². The fourth-order valence-corrected chi connectivity index (χ4v) is 3.01. The highest BCUT2D eigenvalue weighted by atomic mass is 16.5. The van der Waals surface area contributed by atoms with Crippen molar-refractivity contribution in [2.24, 2.45) is 0 Å². The van der Waals surface area contributed by atoms with E-state index in [0.29, 0.717) is 39.2 Å². The molecule has 4 aromatic rings. The first-order valence-electron chi connectivity index (χ1n) is 9.26. The summed E-state index contributed by atoms with van der Waals surface area (Å²) < 4.78 is 10.7. The second kappa shape index (κ2) is 8.45. The molecule has 0 fully saturated rings. The van der Waals surface area contributed by atoms with Gasteiger partial charge in [0.2, 0.25) is 0 Å². The van der Waals surface area contributed by atoms with Crippen LogP contribution in [-0.4, -0.2) is 24.0 Å². The Labute approximate surface area is 173 Å². The minimum Gasteiger partial charge on any atom is -0.497 e. The molecule has 0 atom stereocenters. The Bertz CT molecular complexity index is 1210. The van der Waals surface area contributed by atoms with Crippen molar-refractivity contribution in [3.63, 3.8) is 0 Å². The quantitative estimate of drug-likeness (QED) is 0.389. The zero-order valence-electron chi connectivity index (χ0n) is 16.2. The number of methoxy groups -OCH3 is 1. The maximum Gasteiger partial charge on any atom is 0.343 e. The molecule has 0 radical (unpaired) electrons. The average Bonchev–Trinajstić information content (AvgIpc) is 2.81. The van der Waals surface area contributed by atoms with Gasteiger partial charge in [0.1, 0.15) is 11.5 Å². The first-order valence-corrected chi connectivity index (χ1v) is 9.26. The van der Waals surface area contributed by atoms with Gasteiger partial charge in [-0.25, -0.2) is 4.79 Å². The van der Waals surface area contributed by atoms with Crippen molar-refractivity contribution in [1.82, 2.24) is 4.98 Å². The second-order valence-electron chi connectivity index (χ2n) is 6.45. The van der Waals surface area contributed by atoms with Gasteiger partial charge >= 0.3 is 5.97 Å². The van der Waals surface area contributed by atoms with Crippen molar-refractivity contribution in [2.45, 2.75) is 0 Å².